The quantitative estimate of drug-likeness (QED) is 0.286. The fourth-order valence-corrected chi connectivity index (χ4v) is 3.90. The summed E-state index contributed by atoms with van der Waals surface area (Å²) in [6.07, 6.45) is 1.52. The van der Waals surface area contributed by atoms with Crippen LogP contribution in [-0.4, -0.2) is 11.9 Å². The van der Waals surface area contributed by atoms with Crippen LogP contribution in [0, 0.1) is 0 Å². The van der Waals surface area contributed by atoms with Crippen molar-refractivity contribution in [2.75, 3.05) is 16.0 Å². The second kappa shape index (κ2) is 10.4. The standard InChI is InChI=1S/C25H21N3O3S/c29-24(23-18(14-15-31-23)17-32-22-12-5-2-6-13-22)26-20-10-7-11-21(16-20)28-25(30)27-19-8-3-1-4-9-19/h1-16H,17H2,(H,26,29)(H2,27,28,30). The largest absolute Gasteiger partial charge is 0.459 e. The Labute approximate surface area is 190 Å². The van der Waals surface area contributed by atoms with E-state index in [1.54, 1.807) is 54.2 Å². The molecule has 160 valence electrons. The number of para-hydroxylation sites is 1. The van der Waals surface area contributed by atoms with Crippen molar-refractivity contribution in [3.8, 4) is 0 Å². The molecule has 0 atom stereocenters. The average Bonchev–Trinajstić information content (AvgIpc) is 3.28. The maximum atomic E-state index is 12.8. The molecule has 0 saturated heterocycles. The lowest BCUT2D eigenvalue weighted by molar-refractivity contribution is 0.0996. The monoisotopic (exact) mass is 443 g/mol. The highest BCUT2D eigenvalue weighted by Gasteiger charge is 2.16. The number of carbonyl (C=O) groups is 2. The first-order valence-electron chi connectivity index (χ1n) is 9.96. The Balaban J connectivity index is 1.37. The zero-order chi connectivity index (χ0) is 22.2. The van der Waals surface area contributed by atoms with Crippen molar-refractivity contribution in [1.29, 1.82) is 0 Å². The smallest absolute Gasteiger partial charge is 0.323 e. The van der Waals surface area contributed by atoms with Crippen molar-refractivity contribution in [3.05, 3.63) is 109 Å². The van der Waals surface area contributed by atoms with Gasteiger partial charge in [-0.25, -0.2) is 4.79 Å². The molecule has 6 nitrogen and oxygen atoms in total. The summed E-state index contributed by atoms with van der Waals surface area (Å²) < 4.78 is 5.44. The van der Waals surface area contributed by atoms with Gasteiger partial charge in [-0.2, -0.15) is 0 Å². The number of furan rings is 1. The van der Waals surface area contributed by atoms with Crippen LogP contribution in [0.5, 0.6) is 0 Å². The third kappa shape index (κ3) is 5.80. The minimum absolute atomic E-state index is 0.272. The molecule has 0 radical (unpaired) electrons. The summed E-state index contributed by atoms with van der Waals surface area (Å²) in [5, 5.41) is 8.35. The van der Waals surface area contributed by atoms with Gasteiger partial charge in [0.05, 0.1) is 6.26 Å². The van der Waals surface area contributed by atoms with E-state index in [2.05, 4.69) is 16.0 Å². The van der Waals surface area contributed by atoms with Gasteiger partial charge in [-0.15, -0.1) is 11.8 Å². The number of urea groups is 1. The fraction of sp³-hybridized carbons (Fsp3) is 0.0400. The number of benzene rings is 3. The number of hydrogen-bond donors (Lipinski definition) is 3. The van der Waals surface area contributed by atoms with Gasteiger partial charge in [0.25, 0.3) is 5.91 Å². The predicted octanol–water partition coefficient (Wildman–Crippen LogP) is 6.47. The molecule has 3 N–H and O–H groups in total. The van der Waals surface area contributed by atoms with Crippen molar-refractivity contribution < 1.29 is 14.0 Å². The van der Waals surface area contributed by atoms with Crippen LogP contribution < -0.4 is 16.0 Å². The molecule has 0 aliphatic rings. The summed E-state index contributed by atoms with van der Waals surface area (Å²) in [7, 11) is 0. The summed E-state index contributed by atoms with van der Waals surface area (Å²) >= 11 is 1.63. The first-order valence-corrected chi connectivity index (χ1v) is 10.9. The average molecular weight is 444 g/mol. The Kier molecular flexibility index (Phi) is 6.89. The Morgan fingerprint density at radius 1 is 0.719 bits per heavy atom. The second-order valence-corrected chi connectivity index (χ2v) is 7.91. The van der Waals surface area contributed by atoms with Crippen molar-refractivity contribution in [3.63, 3.8) is 0 Å². The molecule has 0 saturated carbocycles. The number of hydrogen-bond acceptors (Lipinski definition) is 4. The third-order valence-electron chi connectivity index (χ3n) is 4.50. The van der Waals surface area contributed by atoms with E-state index in [-0.39, 0.29) is 17.7 Å². The molecule has 4 rings (SSSR count). The predicted molar refractivity (Wildman–Crippen MR) is 128 cm³/mol. The molecule has 1 aromatic heterocycles. The van der Waals surface area contributed by atoms with Gasteiger partial charge in [0.15, 0.2) is 5.76 Å². The molecule has 4 aromatic rings. The molecular formula is C25H21N3O3S. The first kappa shape index (κ1) is 21.3. The van der Waals surface area contributed by atoms with E-state index in [4.69, 9.17) is 4.42 Å². The molecule has 1 heterocycles. The van der Waals surface area contributed by atoms with E-state index in [0.717, 1.165) is 10.5 Å². The molecule has 0 fully saturated rings. The Morgan fingerprint density at radius 2 is 1.34 bits per heavy atom. The number of thioether (sulfide) groups is 1. The van der Waals surface area contributed by atoms with Gasteiger partial charge in [0, 0.05) is 33.3 Å². The van der Waals surface area contributed by atoms with Crippen LogP contribution in [0.1, 0.15) is 16.1 Å². The zero-order valence-corrected chi connectivity index (χ0v) is 17.9. The molecule has 0 spiro atoms. The van der Waals surface area contributed by atoms with Gasteiger partial charge < -0.3 is 20.4 Å². The van der Waals surface area contributed by atoms with E-state index >= 15 is 0 Å². The Hall–Kier alpha value is -3.97. The van der Waals surface area contributed by atoms with E-state index in [0.29, 0.717) is 22.8 Å². The summed E-state index contributed by atoms with van der Waals surface area (Å²) in [4.78, 5) is 26.1. The van der Waals surface area contributed by atoms with Crippen LogP contribution in [0.2, 0.25) is 0 Å². The Morgan fingerprint density at radius 3 is 2.09 bits per heavy atom. The highest BCUT2D eigenvalue weighted by Crippen LogP contribution is 2.25. The topological polar surface area (TPSA) is 83.4 Å². The SMILES string of the molecule is O=C(Nc1ccccc1)Nc1cccc(NC(=O)c2occc2CSc2ccccc2)c1. The van der Waals surface area contributed by atoms with Gasteiger partial charge in [0.1, 0.15) is 0 Å². The number of anilines is 3. The lowest BCUT2D eigenvalue weighted by atomic mass is 10.2. The van der Waals surface area contributed by atoms with Crippen LogP contribution in [0.4, 0.5) is 21.9 Å². The maximum Gasteiger partial charge on any atom is 0.323 e. The zero-order valence-electron chi connectivity index (χ0n) is 17.1. The maximum absolute atomic E-state index is 12.8. The number of carbonyl (C=O) groups excluding carboxylic acids is 2. The van der Waals surface area contributed by atoms with Gasteiger partial charge in [-0.05, 0) is 48.5 Å². The number of nitrogens with one attached hydrogen (secondary N) is 3. The number of rotatable bonds is 7. The summed E-state index contributed by atoms with van der Waals surface area (Å²) in [6, 6.07) is 27.5. The van der Waals surface area contributed by atoms with Crippen LogP contribution in [-0.2, 0) is 5.75 Å². The van der Waals surface area contributed by atoms with E-state index in [1.807, 2.05) is 48.5 Å². The second-order valence-electron chi connectivity index (χ2n) is 6.86. The first-order chi connectivity index (χ1) is 15.7. The van der Waals surface area contributed by atoms with E-state index < -0.39 is 0 Å². The molecule has 3 aromatic carbocycles. The van der Waals surface area contributed by atoms with E-state index in [9.17, 15) is 9.59 Å². The molecule has 7 heteroatoms. The minimum Gasteiger partial charge on any atom is -0.459 e. The van der Waals surface area contributed by atoms with Gasteiger partial charge in [-0.3, -0.25) is 4.79 Å². The summed E-state index contributed by atoms with van der Waals surface area (Å²) in [6.45, 7) is 0. The van der Waals surface area contributed by atoms with Crippen molar-refractivity contribution in [1.82, 2.24) is 0 Å². The molecule has 0 aliphatic heterocycles. The van der Waals surface area contributed by atoms with Crippen LogP contribution >= 0.6 is 11.8 Å². The molecular weight excluding hydrogens is 422 g/mol. The van der Waals surface area contributed by atoms with Crippen LogP contribution in [0.25, 0.3) is 0 Å². The van der Waals surface area contributed by atoms with Gasteiger partial charge in [0.2, 0.25) is 0 Å². The molecule has 0 bridgehead atoms. The highest BCUT2D eigenvalue weighted by molar-refractivity contribution is 7.98. The van der Waals surface area contributed by atoms with E-state index in [1.165, 1.54) is 6.26 Å². The Bertz CT molecular complexity index is 1190. The van der Waals surface area contributed by atoms with Crippen molar-refractivity contribution >= 4 is 40.8 Å². The van der Waals surface area contributed by atoms with Crippen LogP contribution in [0.3, 0.4) is 0 Å². The normalized spacial score (nSPS) is 10.4. The lowest BCUT2D eigenvalue weighted by Crippen LogP contribution is -2.19. The van der Waals surface area contributed by atoms with Crippen LogP contribution in [0.15, 0.2) is 107 Å². The third-order valence-corrected chi connectivity index (χ3v) is 5.56. The highest BCUT2D eigenvalue weighted by atomic mass is 32.2. The number of amides is 3. The van der Waals surface area contributed by atoms with Crippen molar-refractivity contribution in [2.45, 2.75) is 10.6 Å². The van der Waals surface area contributed by atoms with Crippen molar-refractivity contribution in [2.24, 2.45) is 0 Å². The lowest BCUT2D eigenvalue weighted by Gasteiger charge is -2.10. The summed E-state index contributed by atoms with van der Waals surface area (Å²) in [5.74, 6) is 0.544. The summed E-state index contributed by atoms with van der Waals surface area (Å²) in [5.41, 5.74) is 2.60. The molecule has 3 amide bonds. The van der Waals surface area contributed by atoms with Gasteiger partial charge >= 0.3 is 6.03 Å². The fourth-order valence-electron chi connectivity index (χ4n) is 3.00. The molecule has 0 aliphatic carbocycles. The van der Waals surface area contributed by atoms with Gasteiger partial charge in [-0.1, -0.05) is 42.5 Å². The molecule has 0 unspecified atom stereocenters. The minimum atomic E-state index is -0.370. The molecule has 32 heavy (non-hydrogen) atoms.